The van der Waals surface area contributed by atoms with Gasteiger partial charge in [0.15, 0.2) is 0 Å². The second kappa shape index (κ2) is 10.7. The van der Waals surface area contributed by atoms with E-state index in [1.165, 1.54) is 16.2 Å². The summed E-state index contributed by atoms with van der Waals surface area (Å²) in [5.41, 5.74) is 6.29. The normalized spacial score (nSPS) is 16.3. The summed E-state index contributed by atoms with van der Waals surface area (Å²) in [5, 5.41) is 31.2. The Morgan fingerprint density at radius 1 is 0.833 bits per heavy atom. The molecule has 1 unspecified atom stereocenters. The third-order valence-electron chi connectivity index (χ3n) is 7.58. The van der Waals surface area contributed by atoms with Crippen molar-refractivity contribution in [3.8, 4) is 11.3 Å². The minimum Gasteiger partial charge on any atom is -0.392 e. The molecule has 0 radical (unpaired) electrons. The summed E-state index contributed by atoms with van der Waals surface area (Å²) in [6.45, 7) is -0.295. The van der Waals surface area contributed by atoms with Crippen LogP contribution in [0.3, 0.4) is 0 Å². The Morgan fingerprint density at radius 3 is 2.24 bits per heavy atom. The number of thiazole rings is 1. The SMILES string of the molecule is O=C1c2ccccc2C(=O)N1c1ccc(-c2csc(N3N=C(c4cccs4)CC3c3ccc(CO)c(CO)c3)n2)cc1. The largest absolute Gasteiger partial charge is 0.392 e. The molecule has 0 saturated carbocycles. The standard InChI is InChI=1S/C32H24N4O4S2/c37-16-21-8-7-20(14-22(21)17-38)28-15-26(29-6-3-13-41-29)34-36(28)32-33-27(18-42-32)19-9-11-23(12-10-19)35-30(39)24-4-1-2-5-25(24)31(35)40/h1-14,18,28,37-38H,15-17H2. The molecular weight excluding hydrogens is 569 g/mol. The van der Waals surface area contributed by atoms with Gasteiger partial charge in [0.05, 0.1) is 52.4 Å². The van der Waals surface area contributed by atoms with Gasteiger partial charge in [0.1, 0.15) is 0 Å². The Balaban J connectivity index is 1.18. The molecule has 0 spiro atoms. The number of aliphatic hydroxyl groups is 2. The fourth-order valence-electron chi connectivity index (χ4n) is 5.40. The number of aromatic nitrogens is 1. The Labute approximate surface area is 249 Å². The van der Waals surface area contributed by atoms with E-state index >= 15 is 0 Å². The van der Waals surface area contributed by atoms with Crippen molar-refractivity contribution in [3.63, 3.8) is 0 Å². The maximum Gasteiger partial charge on any atom is 0.266 e. The Morgan fingerprint density at radius 2 is 1.57 bits per heavy atom. The summed E-state index contributed by atoms with van der Waals surface area (Å²) >= 11 is 3.12. The van der Waals surface area contributed by atoms with E-state index in [0.717, 1.165) is 32.5 Å². The van der Waals surface area contributed by atoms with Crippen molar-refractivity contribution in [1.82, 2.24) is 4.98 Å². The molecule has 208 valence electrons. The van der Waals surface area contributed by atoms with Gasteiger partial charge < -0.3 is 10.2 Å². The topological polar surface area (TPSA) is 106 Å². The average molecular weight is 593 g/mol. The molecule has 2 aromatic heterocycles. The zero-order valence-electron chi connectivity index (χ0n) is 22.2. The molecule has 4 heterocycles. The Kier molecular flexibility index (Phi) is 6.75. The smallest absolute Gasteiger partial charge is 0.266 e. The second-order valence-electron chi connectivity index (χ2n) is 9.99. The zero-order chi connectivity index (χ0) is 28.8. The van der Waals surface area contributed by atoms with Crippen LogP contribution in [0.15, 0.2) is 94.7 Å². The summed E-state index contributed by atoms with van der Waals surface area (Å²) in [6.07, 6.45) is 0.674. The van der Waals surface area contributed by atoms with Crippen molar-refractivity contribution in [2.24, 2.45) is 5.10 Å². The van der Waals surface area contributed by atoms with Crippen LogP contribution in [-0.4, -0.2) is 32.7 Å². The van der Waals surface area contributed by atoms with Crippen molar-refractivity contribution in [1.29, 1.82) is 0 Å². The number of carbonyl (C=O) groups is 2. The molecule has 8 nitrogen and oxygen atoms in total. The molecular formula is C32H24N4O4S2. The van der Waals surface area contributed by atoms with E-state index in [1.807, 2.05) is 52.2 Å². The van der Waals surface area contributed by atoms with E-state index in [4.69, 9.17) is 10.1 Å². The number of hydrogen-bond donors (Lipinski definition) is 2. The van der Waals surface area contributed by atoms with Crippen LogP contribution in [0.4, 0.5) is 10.8 Å². The summed E-state index contributed by atoms with van der Waals surface area (Å²) in [7, 11) is 0. The fraction of sp³-hybridized carbons (Fsp3) is 0.125. The number of benzene rings is 3. The minimum atomic E-state index is -0.324. The molecule has 10 heteroatoms. The molecule has 0 fully saturated rings. The Hall–Kier alpha value is -4.48. The lowest BCUT2D eigenvalue weighted by atomic mass is 9.97. The van der Waals surface area contributed by atoms with Crippen LogP contribution < -0.4 is 9.91 Å². The van der Waals surface area contributed by atoms with E-state index in [2.05, 4.69) is 6.07 Å². The molecule has 2 amide bonds. The summed E-state index contributed by atoms with van der Waals surface area (Å²) < 4.78 is 0. The average Bonchev–Trinajstić information content (AvgIpc) is 3.84. The van der Waals surface area contributed by atoms with Crippen LogP contribution >= 0.6 is 22.7 Å². The van der Waals surface area contributed by atoms with Crippen molar-refractivity contribution in [2.45, 2.75) is 25.7 Å². The highest BCUT2D eigenvalue weighted by atomic mass is 32.1. The molecule has 1 atom stereocenters. The molecule has 7 rings (SSSR count). The number of hydrogen-bond acceptors (Lipinski definition) is 9. The third kappa shape index (κ3) is 4.45. The van der Waals surface area contributed by atoms with Crippen LogP contribution in [-0.2, 0) is 13.2 Å². The first-order valence-electron chi connectivity index (χ1n) is 13.3. The molecule has 42 heavy (non-hydrogen) atoms. The van der Waals surface area contributed by atoms with Crippen LogP contribution in [0.25, 0.3) is 11.3 Å². The summed E-state index contributed by atoms with van der Waals surface area (Å²) in [5.74, 6) is -0.648. The number of anilines is 2. The molecule has 3 aromatic carbocycles. The van der Waals surface area contributed by atoms with E-state index in [-0.39, 0.29) is 31.1 Å². The number of aliphatic hydroxyl groups excluding tert-OH is 2. The highest BCUT2D eigenvalue weighted by Gasteiger charge is 2.36. The minimum absolute atomic E-state index is 0.129. The lowest BCUT2D eigenvalue weighted by Gasteiger charge is -2.22. The number of carbonyl (C=O) groups excluding carboxylic acids is 2. The van der Waals surface area contributed by atoms with Gasteiger partial charge in [-0.15, -0.1) is 22.7 Å². The first-order chi connectivity index (χ1) is 20.6. The van der Waals surface area contributed by atoms with Gasteiger partial charge in [0.25, 0.3) is 11.8 Å². The maximum absolute atomic E-state index is 12.9. The van der Waals surface area contributed by atoms with Gasteiger partial charge in [-0.1, -0.05) is 48.5 Å². The van der Waals surface area contributed by atoms with E-state index < -0.39 is 0 Å². The van der Waals surface area contributed by atoms with E-state index in [1.54, 1.807) is 47.7 Å². The zero-order valence-corrected chi connectivity index (χ0v) is 23.8. The van der Waals surface area contributed by atoms with Crippen molar-refractivity contribution in [3.05, 3.63) is 122 Å². The van der Waals surface area contributed by atoms with Crippen LogP contribution in [0.2, 0.25) is 0 Å². The van der Waals surface area contributed by atoms with Gasteiger partial charge in [0.2, 0.25) is 5.13 Å². The van der Waals surface area contributed by atoms with Gasteiger partial charge in [-0.3, -0.25) is 9.59 Å². The molecule has 0 aliphatic carbocycles. The number of thiophene rings is 1. The highest BCUT2D eigenvalue weighted by molar-refractivity contribution is 7.14. The van der Waals surface area contributed by atoms with E-state index in [0.29, 0.717) is 34.4 Å². The molecule has 2 aliphatic heterocycles. The highest BCUT2D eigenvalue weighted by Crippen LogP contribution is 2.41. The first-order valence-corrected chi connectivity index (χ1v) is 15.1. The monoisotopic (exact) mass is 592 g/mol. The number of amides is 2. The van der Waals surface area contributed by atoms with Gasteiger partial charge in [0, 0.05) is 17.4 Å². The number of imide groups is 1. The van der Waals surface area contributed by atoms with Gasteiger partial charge >= 0.3 is 0 Å². The van der Waals surface area contributed by atoms with Gasteiger partial charge in [-0.2, -0.15) is 5.10 Å². The maximum atomic E-state index is 12.9. The third-order valence-corrected chi connectivity index (χ3v) is 9.32. The molecule has 5 aromatic rings. The predicted octanol–water partition coefficient (Wildman–Crippen LogP) is 6.01. The first kappa shape index (κ1) is 26.4. The number of nitrogens with zero attached hydrogens (tertiary/aromatic N) is 4. The molecule has 0 bridgehead atoms. The van der Waals surface area contributed by atoms with Crippen molar-refractivity contribution < 1.29 is 19.8 Å². The lowest BCUT2D eigenvalue weighted by molar-refractivity contribution is 0.0926. The predicted molar refractivity (Wildman–Crippen MR) is 164 cm³/mol. The number of rotatable bonds is 7. The number of hydrazone groups is 1. The molecule has 2 N–H and O–H groups in total. The van der Waals surface area contributed by atoms with Crippen LogP contribution in [0.5, 0.6) is 0 Å². The van der Waals surface area contributed by atoms with Crippen molar-refractivity contribution in [2.75, 3.05) is 9.91 Å². The molecule has 0 saturated heterocycles. The molecule has 2 aliphatic rings. The fourth-order valence-corrected chi connectivity index (χ4v) is 6.95. The van der Waals surface area contributed by atoms with Crippen molar-refractivity contribution >= 4 is 51.0 Å². The van der Waals surface area contributed by atoms with Crippen LogP contribution in [0.1, 0.15) is 54.7 Å². The van der Waals surface area contributed by atoms with E-state index in [9.17, 15) is 19.8 Å². The summed E-state index contributed by atoms with van der Waals surface area (Å²) in [4.78, 5) is 33.0. The number of fused-ring (bicyclic) bond motifs is 1. The van der Waals surface area contributed by atoms with Gasteiger partial charge in [-0.05, 0) is 52.4 Å². The quantitative estimate of drug-likeness (QED) is 0.224. The Bertz CT molecular complexity index is 1810. The van der Waals surface area contributed by atoms with Gasteiger partial charge in [-0.25, -0.2) is 14.9 Å². The van der Waals surface area contributed by atoms with Crippen LogP contribution in [0, 0.1) is 0 Å². The second-order valence-corrected chi connectivity index (χ2v) is 11.8. The lowest BCUT2D eigenvalue weighted by Crippen LogP contribution is -2.29. The summed E-state index contributed by atoms with van der Waals surface area (Å²) in [6, 6.07) is 23.8.